The second-order valence-corrected chi connectivity index (χ2v) is 7.45. The molecule has 0 fully saturated rings. The van der Waals surface area contributed by atoms with Gasteiger partial charge in [-0.15, -0.1) is 11.3 Å². The van der Waals surface area contributed by atoms with Crippen molar-refractivity contribution in [3.8, 4) is 0 Å². The highest BCUT2D eigenvalue weighted by atomic mass is 32.1. The Hall–Kier alpha value is -2.95. The van der Waals surface area contributed by atoms with Gasteiger partial charge in [0, 0.05) is 5.38 Å². The Balaban J connectivity index is 1.95. The van der Waals surface area contributed by atoms with Crippen molar-refractivity contribution in [3.05, 3.63) is 125 Å². The molecule has 0 spiro atoms. The molecule has 1 aromatic heterocycles. The molecular weight excluding hydrogens is 364 g/mol. The highest BCUT2D eigenvalue weighted by molar-refractivity contribution is 7.13. The average Bonchev–Trinajstić information content (AvgIpc) is 3.23. The number of aliphatic hydroxyl groups excluding tert-OH is 1. The lowest BCUT2D eigenvalue weighted by molar-refractivity contribution is 0.337. The van der Waals surface area contributed by atoms with E-state index < -0.39 is 5.54 Å². The van der Waals surface area contributed by atoms with Crippen molar-refractivity contribution in [3.63, 3.8) is 0 Å². The summed E-state index contributed by atoms with van der Waals surface area (Å²) in [5.74, 6) is 0. The molecule has 2 N–H and O–H groups in total. The maximum Gasteiger partial charge on any atom is 0.184 e. The van der Waals surface area contributed by atoms with Gasteiger partial charge in [0.15, 0.2) is 5.13 Å². The molecule has 3 aromatic carbocycles. The van der Waals surface area contributed by atoms with E-state index in [1.54, 1.807) is 6.92 Å². The summed E-state index contributed by atoms with van der Waals surface area (Å²) in [5, 5.41) is 16.1. The standard InChI is InChI=1S/C24H21N2OS/c1-18(27)22-17-28-23(25-22)26-24(19-11-5-2-6-12-19,20-13-7-3-8-14-20)21-15-9-4-10-16-21/h2-17,27H,1H3,(H,25,26). The van der Waals surface area contributed by atoms with Gasteiger partial charge in [0.25, 0.3) is 0 Å². The van der Waals surface area contributed by atoms with Crippen LogP contribution >= 0.6 is 11.3 Å². The van der Waals surface area contributed by atoms with E-state index in [1.807, 2.05) is 23.6 Å². The monoisotopic (exact) mass is 385 g/mol. The van der Waals surface area contributed by atoms with E-state index >= 15 is 0 Å². The first-order chi connectivity index (χ1) is 13.7. The van der Waals surface area contributed by atoms with E-state index in [-0.39, 0.29) is 6.10 Å². The zero-order chi connectivity index (χ0) is 19.4. The number of aliphatic hydroxyl groups is 1. The molecule has 4 heteroatoms. The van der Waals surface area contributed by atoms with Crippen LogP contribution in [0.3, 0.4) is 0 Å². The van der Waals surface area contributed by atoms with E-state index in [2.05, 4.69) is 83.1 Å². The molecular formula is C24H21N2OS. The third kappa shape index (κ3) is 3.44. The Kier molecular flexibility index (Phi) is 5.24. The summed E-state index contributed by atoms with van der Waals surface area (Å²) in [4.78, 5) is 4.59. The molecule has 1 radical (unpaired) electrons. The molecule has 4 rings (SSSR count). The van der Waals surface area contributed by atoms with E-state index in [0.29, 0.717) is 5.69 Å². The molecule has 4 aromatic rings. The van der Waals surface area contributed by atoms with E-state index in [0.717, 1.165) is 21.8 Å². The van der Waals surface area contributed by atoms with Crippen LogP contribution in [0.4, 0.5) is 5.13 Å². The number of thiazole rings is 1. The summed E-state index contributed by atoms with van der Waals surface area (Å²) in [6.07, 6.45) is 0.217. The topological polar surface area (TPSA) is 45.1 Å². The first-order valence-electron chi connectivity index (χ1n) is 9.13. The number of anilines is 1. The van der Waals surface area contributed by atoms with Gasteiger partial charge < -0.3 is 10.4 Å². The van der Waals surface area contributed by atoms with Crippen molar-refractivity contribution >= 4 is 16.5 Å². The predicted octanol–water partition coefficient (Wildman–Crippen LogP) is 5.82. The summed E-state index contributed by atoms with van der Waals surface area (Å²) in [5.41, 5.74) is 3.34. The van der Waals surface area contributed by atoms with E-state index in [4.69, 9.17) is 0 Å². The van der Waals surface area contributed by atoms with E-state index in [9.17, 15) is 5.11 Å². The van der Waals surface area contributed by atoms with Crippen LogP contribution in [0.15, 0.2) is 96.4 Å². The third-order valence-electron chi connectivity index (χ3n) is 4.79. The summed E-state index contributed by atoms with van der Waals surface area (Å²) >= 11 is 1.49. The zero-order valence-electron chi connectivity index (χ0n) is 15.5. The first kappa shape index (κ1) is 18.4. The normalized spacial score (nSPS) is 11.5. The van der Waals surface area contributed by atoms with Crippen LogP contribution in [0.2, 0.25) is 0 Å². The van der Waals surface area contributed by atoms with Crippen LogP contribution in [0.5, 0.6) is 0 Å². The molecule has 139 valence electrons. The molecule has 0 aliphatic carbocycles. The average molecular weight is 386 g/mol. The quantitative estimate of drug-likeness (QED) is 0.411. The molecule has 0 saturated carbocycles. The number of nitrogens with zero attached hydrogens (tertiary/aromatic N) is 1. The maximum absolute atomic E-state index is 9.82. The molecule has 0 saturated heterocycles. The molecule has 1 heterocycles. The van der Waals surface area contributed by atoms with Crippen LogP contribution in [-0.2, 0) is 5.54 Å². The third-order valence-corrected chi connectivity index (χ3v) is 5.55. The number of benzene rings is 3. The first-order valence-corrected chi connectivity index (χ1v) is 10.0. The molecule has 0 aliphatic rings. The molecule has 0 bridgehead atoms. The largest absolute Gasteiger partial charge is 0.380 e. The van der Waals surface area contributed by atoms with Crippen LogP contribution < -0.4 is 5.32 Å². The van der Waals surface area contributed by atoms with Gasteiger partial charge in [-0.2, -0.15) is 0 Å². The minimum Gasteiger partial charge on any atom is -0.380 e. The number of nitrogens with one attached hydrogen (secondary N) is 1. The fourth-order valence-electron chi connectivity index (χ4n) is 3.44. The van der Waals surface area contributed by atoms with Gasteiger partial charge in [0.05, 0.1) is 5.69 Å². The van der Waals surface area contributed by atoms with Crippen molar-refractivity contribution < 1.29 is 5.11 Å². The minimum absolute atomic E-state index is 0.217. The van der Waals surface area contributed by atoms with Crippen molar-refractivity contribution in [2.75, 3.05) is 5.32 Å². The molecule has 0 amide bonds. The second-order valence-electron chi connectivity index (χ2n) is 6.60. The number of rotatable bonds is 6. The molecule has 0 unspecified atom stereocenters. The lowest BCUT2D eigenvalue weighted by atomic mass is 9.77. The Morgan fingerprint density at radius 3 is 1.57 bits per heavy atom. The Morgan fingerprint density at radius 2 is 1.21 bits per heavy atom. The highest BCUT2D eigenvalue weighted by Gasteiger charge is 2.37. The Morgan fingerprint density at radius 1 is 0.786 bits per heavy atom. The number of hydrogen-bond acceptors (Lipinski definition) is 4. The van der Waals surface area contributed by atoms with Crippen LogP contribution in [-0.4, -0.2) is 10.1 Å². The minimum atomic E-state index is -0.609. The van der Waals surface area contributed by atoms with E-state index in [1.165, 1.54) is 11.3 Å². The fraction of sp³-hybridized carbons (Fsp3) is 0.0833. The van der Waals surface area contributed by atoms with Crippen molar-refractivity contribution in [2.24, 2.45) is 0 Å². The smallest absolute Gasteiger partial charge is 0.184 e. The Labute approximate surface area is 169 Å². The van der Waals surface area contributed by atoms with Gasteiger partial charge in [-0.25, -0.2) is 4.98 Å². The summed E-state index contributed by atoms with van der Waals surface area (Å²) in [7, 11) is 0. The SMILES string of the molecule is C[C](O)c1csc(NC(c2ccccc2)(c2ccccc2)c2ccccc2)n1. The van der Waals surface area contributed by atoms with Gasteiger partial charge in [-0.1, -0.05) is 91.0 Å². The summed E-state index contributed by atoms with van der Waals surface area (Å²) in [6, 6.07) is 31.2. The fourth-order valence-corrected chi connectivity index (χ4v) is 4.25. The zero-order valence-corrected chi connectivity index (χ0v) is 16.4. The lowest BCUT2D eigenvalue weighted by Crippen LogP contribution is -2.38. The molecule has 28 heavy (non-hydrogen) atoms. The van der Waals surface area contributed by atoms with Gasteiger partial charge in [-0.3, -0.25) is 0 Å². The van der Waals surface area contributed by atoms with Gasteiger partial charge in [0.2, 0.25) is 0 Å². The van der Waals surface area contributed by atoms with Crippen molar-refractivity contribution in [1.82, 2.24) is 4.98 Å². The van der Waals surface area contributed by atoms with Crippen LogP contribution in [0, 0.1) is 6.10 Å². The van der Waals surface area contributed by atoms with Gasteiger partial charge >= 0.3 is 0 Å². The number of hydrogen-bond donors (Lipinski definition) is 2. The summed E-state index contributed by atoms with van der Waals surface area (Å²) < 4.78 is 0. The van der Waals surface area contributed by atoms with Gasteiger partial charge in [-0.05, 0) is 23.6 Å². The highest BCUT2D eigenvalue weighted by Crippen LogP contribution is 2.40. The van der Waals surface area contributed by atoms with Gasteiger partial charge in [0.1, 0.15) is 11.6 Å². The Bertz CT molecular complexity index is 918. The van der Waals surface area contributed by atoms with Crippen LogP contribution in [0.1, 0.15) is 29.3 Å². The predicted molar refractivity (Wildman–Crippen MR) is 115 cm³/mol. The van der Waals surface area contributed by atoms with Crippen LogP contribution in [0.25, 0.3) is 0 Å². The molecule has 0 atom stereocenters. The van der Waals surface area contributed by atoms with Crippen molar-refractivity contribution in [2.45, 2.75) is 12.5 Å². The maximum atomic E-state index is 9.82. The lowest BCUT2D eigenvalue weighted by Gasteiger charge is -2.36. The van der Waals surface area contributed by atoms with Crippen molar-refractivity contribution in [1.29, 1.82) is 0 Å². The summed E-state index contributed by atoms with van der Waals surface area (Å²) in [6.45, 7) is 1.65. The molecule has 3 nitrogen and oxygen atoms in total. The second kappa shape index (κ2) is 7.97. The molecule has 0 aliphatic heterocycles. The number of aromatic nitrogens is 1.